The maximum Gasteiger partial charge on any atom is 0.226 e. The van der Waals surface area contributed by atoms with Crippen LogP contribution in [0.15, 0.2) is 28.8 Å². The first-order valence-electron chi connectivity index (χ1n) is 9.12. The van der Waals surface area contributed by atoms with Crippen molar-refractivity contribution in [1.29, 1.82) is 0 Å². The average Bonchev–Trinajstić information content (AvgIpc) is 3.24. The normalized spacial score (nSPS) is 22.8. The molecule has 26 heavy (non-hydrogen) atoms. The van der Waals surface area contributed by atoms with Gasteiger partial charge in [0, 0.05) is 25.3 Å². The number of likely N-dealkylation sites (tertiary alicyclic amines) is 1. The highest BCUT2D eigenvalue weighted by Gasteiger charge is 2.39. The topological polar surface area (TPSA) is 79.5 Å². The Balaban J connectivity index is 1.27. The fourth-order valence-electron chi connectivity index (χ4n) is 3.43. The highest BCUT2D eigenvalue weighted by Crippen LogP contribution is 2.38. The summed E-state index contributed by atoms with van der Waals surface area (Å²) in [6.45, 7) is 0.739. The Hall–Kier alpha value is -2.28. The van der Waals surface area contributed by atoms with E-state index in [1.165, 1.54) is 12.1 Å². The Morgan fingerprint density at radius 3 is 2.85 bits per heavy atom. The van der Waals surface area contributed by atoms with Crippen molar-refractivity contribution in [2.75, 3.05) is 13.1 Å². The summed E-state index contributed by atoms with van der Waals surface area (Å²) in [5.41, 5.74) is -0.456. The van der Waals surface area contributed by atoms with Crippen LogP contribution in [0.4, 0.5) is 4.39 Å². The molecule has 1 aromatic heterocycles. The summed E-state index contributed by atoms with van der Waals surface area (Å²) in [5, 5.41) is 14.8. The van der Waals surface area contributed by atoms with Gasteiger partial charge in [-0.05, 0) is 43.4 Å². The number of hydrogen-bond donors (Lipinski definition) is 1. The van der Waals surface area contributed by atoms with Crippen molar-refractivity contribution in [1.82, 2.24) is 15.0 Å². The minimum absolute atomic E-state index is 0.00460. The number of nitrogens with zero attached hydrogens (tertiary/aromatic N) is 3. The van der Waals surface area contributed by atoms with Crippen LogP contribution in [0, 0.1) is 5.82 Å². The molecule has 138 valence electrons. The lowest BCUT2D eigenvalue weighted by atomic mass is 9.93. The molecule has 6 nitrogen and oxygen atoms in total. The smallest absolute Gasteiger partial charge is 0.226 e. The van der Waals surface area contributed by atoms with E-state index >= 15 is 0 Å². The molecule has 1 unspecified atom stereocenters. The number of aliphatic hydroxyl groups is 1. The first-order valence-corrected chi connectivity index (χ1v) is 9.12. The van der Waals surface area contributed by atoms with Gasteiger partial charge in [-0.1, -0.05) is 17.3 Å². The Bertz CT molecular complexity index is 788. The minimum Gasteiger partial charge on any atom is -0.383 e. The number of rotatable bonds is 6. The van der Waals surface area contributed by atoms with Crippen LogP contribution in [0.1, 0.15) is 55.3 Å². The van der Waals surface area contributed by atoms with Crippen LogP contribution >= 0.6 is 0 Å². The molecule has 2 fully saturated rings. The van der Waals surface area contributed by atoms with Crippen LogP contribution in [-0.4, -0.2) is 39.1 Å². The molecule has 1 amide bonds. The molecule has 4 rings (SSSR count). The van der Waals surface area contributed by atoms with E-state index in [2.05, 4.69) is 10.1 Å². The predicted octanol–water partition coefficient (Wildman–Crippen LogP) is 2.53. The molecule has 2 heterocycles. The number of aromatic nitrogens is 2. The van der Waals surface area contributed by atoms with E-state index in [1.807, 2.05) is 0 Å². The van der Waals surface area contributed by atoms with Crippen LogP contribution in [0.3, 0.4) is 0 Å². The second-order valence-corrected chi connectivity index (χ2v) is 7.28. The van der Waals surface area contributed by atoms with E-state index in [0.717, 1.165) is 18.7 Å². The number of β-amino-alcohol motifs (C(OH)–C–C–N with tert-alkyl or cyclic N) is 1. The molecule has 2 aliphatic rings. The summed E-state index contributed by atoms with van der Waals surface area (Å²) in [6, 6.07) is 5.82. The summed E-state index contributed by atoms with van der Waals surface area (Å²) in [6.07, 6.45) is 4.31. The van der Waals surface area contributed by atoms with Gasteiger partial charge in [-0.3, -0.25) is 4.79 Å². The second-order valence-electron chi connectivity index (χ2n) is 7.28. The average molecular weight is 359 g/mol. The zero-order valence-electron chi connectivity index (χ0n) is 14.5. The molecule has 1 aliphatic heterocycles. The van der Waals surface area contributed by atoms with Crippen molar-refractivity contribution in [3.63, 3.8) is 0 Å². The predicted molar refractivity (Wildman–Crippen MR) is 90.7 cm³/mol. The minimum atomic E-state index is -1.10. The summed E-state index contributed by atoms with van der Waals surface area (Å²) in [7, 11) is 0. The van der Waals surface area contributed by atoms with Gasteiger partial charge in [-0.25, -0.2) is 4.39 Å². The molecule has 1 saturated heterocycles. The first kappa shape index (κ1) is 17.1. The monoisotopic (exact) mass is 359 g/mol. The van der Waals surface area contributed by atoms with Crippen LogP contribution in [-0.2, 0) is 16.8 Å². The third-order valence-electron chi connectivity index (χ3n) is 5.19. The summed E-state index contributed by atoms with van der Waals surface area (Å²) >= 11 is 0. The quantitative estimate of drug-likeness (QED) is 0.857. The molecule has 1 aliphatic carbocycles. The molecule has 1 atom stereocenters. The SMILES string of the molecule is O=C(CCCc1nc(C2CC2)no1)N1CCC(O)(c2ccc(F)cc2)C1. The Kier molecular flexibility index (Phi) is 4.48. The summed E-state index contributed by atoms with van der Waals surface area (Å²) in [4.78, 5) is 18.5. The molecule has 1 N–H and O–H groups in total. The van der Waals surface area contributed by atoms with Crippen LogP contribution in [0.5, 0.6) is 0 Å². The van der Waals surface area contributed by atoms with E-state index in [-0.39, 0.29) is 18.3 Å². The Morgan fingerprint density at radius 2 is 2.12 bits per heavy atom. The van der Waals surface area contributed by atoms with Crippen molar-refractivity contribution in [2.24, 2.45) is 0 Å². The lowest BCUT2D eigenvalue weighted by Gasteiger charge is -2.24. The molecule has 0 bridgehead atoms. The number of benzene rings is 1. The molecule has 7 heteroatoms. The van der Waals surface area contributed by atoms with Crippen molar-refractivity contribution in [2.45, 2.75) is 50.0 Å². The summed E-state index contributed by atoms with van der Waals surface area (Å²) < 4.78 is 18.3. The zero-order valence-corrected chi connectivity index (χ0v) is 14.5. The highest BCUT2D eigenvalue weighted by molar-refractivity contribution is 5.76. The molecule has 1 saturated carbocycles. The number of aryl methyl sites for hydroxylation is 1. The largest absolute Gasteiger partial charge is 0.383 e. The fourth-order valence-corrected chi connectivity index (χ4v) is 3.43. The second kappa shape index (κ2) is 6.79. The lowest BCUT2D eigenvalue weighted by molar-refractivity contribution is -0.131. The van der Waals surface area contributed by atoms with Gasteiger partial charge in [0.25, 0.3) is 0 Å². The van der Waals surface area contributed by atoms with Crippen molar-refractivity contribution in [3.8, 4) is 0 Å². The van der Waals surface area contributed by atoms with E-state index in [4.69, 9.17) is 4.52 Å². The lowest BCUT2D eigenvalue weighted by Crippen LogP contribution is -2.34. The first-order chi connectivity index (χ1) is 12.5. The number of halogens is 1. The molecule has 0 spiro atoms. The number of hydrogen-bond acceptors (Lipinski definition) is 5. The molecule has 2 aromatic rings. The Morgan fingerprint density at radius 1 is 1.35 bits per heavy atom. The standard InChI is InChI=1S/C19H22FN3O3/c20-15-8-6-14(7-9-15)19(25)10-11-23(12-19)17(24)3-1-2-16-21-18(22-26-16)13-4-5-13/h6-9,13,25H,1-5,10-12H2. The van der Waals surface area contributed by atoms with Gasteiger partial charge in [0.2, 0.25) is 11.8 Å². The van der Waals surface area contributed by atoms with Crippen molar-refractivity contribution < 1.29 is 18.8 Å². The van der Waals surface area contributed by atoms with Gasteiger partial charge >= 0.3 is 0 Å². The van der Waals surface area contributed by atoms with Gasteiger partial charge in [-0.2, -0.15) is 4.98 Å². The van der Waals surface area contributed by atoms with Crippen molar-refractivity contribution in [3.05, 3.63) is 47.4 Å². The molecule has 0 radical (unpaired) electrons. The molecular formula is C19H22FN3O3. The maximum atomic E-state index is 13.1. The highest BCUT2D eigenvalue weighted by atomic mass is 19.1. The van der Waals surface area contributed by atoms with Gasteiger partial charge in [0.1, 0.15) is 11.4 Å². The summed E-state index contributed by atoms with van der Waals surface area (Å²) in [5.74, 6) is 1.50. The molecule has 1 aromatic carbocycles. The third kappa shape index (κ3) is 3.62. The van der Waals surface area contributed by atoms with Gasteiger partial charge < -0.3 is 14.5 Å². The molecular weight excluding hydrogens is 337 g/mol. The Labute approximate surface area is 151 Å². The van der Waals surface area contributed by atoms with E-state index in [1.54, 1.807) is 17.0 Å². The number of carbonyl (C=O) groups excluding carboxylic acids is 1. The van der Waals surface area contributed by atoms with E-state index in [9.17, 15) is 14.3 Å². The van der Waals surface area contributed by atoms with Gasteiger partial charge in [-0.15, -0.1) is 0 Å². The fraction of sp³-hybridized carbons (Fsp3) is 0.526. The van der Waals surface area contributed by atoms with Gasteiger partial charge in [0.05, 0.1) is 6.54 Å². The zero-order chi connectivity index (χ0) is 18.1. The van der Waals surface area contributed by atoms with Crippen LogP contribution in [0.2, 0.25) is 0 Å². The van der Waals surface area contributed by atoms with Crippen LogP contribution < -0.4 is 0 Å². The third-order valence-corrected chi connectivity index (χ3v) is 5.19. The van der Waals surface area contributed by atoms with E-state index < -0.39 is 5.60 Å². The number of carbonyl (C=O) groups is 1. The van der Waals surface area contributed by atoms with Crippen molar-refractivity contribution >= 4 is 5.91 Å². The van der Waals surface area contributed by atoms with Gasteiger partial charge in [0.15, 0.2) is 5.82 Å². The number of amides is 1. The van der Waals surface area contributed by atoms with E-state index in [0.29, 0.717) is 49.6 Å². The van der Waals surface area contributed by atoms with Crippen LogP contribution in [0.25, 0.3) is 0 Å². The maximum absolute atomic E-state index is 13.1.